The average Bonchev–Trinajstić information content (AvgIpc) is 2.95. The lowest BCUT2D eigenvalue weighted by molar-refractivity contribution is -0.162. The second kappa shape index (κ2) is 34.6. The number of amides is 4. The number of carbonyl (C=O) groups excluding carboxylic acids is 5. The van der Waals surface area contributed by atoms with Gasteiger partial charge in [-0.1, -0.05) is 75.7 Å². The lowest BCUT2D eigenvalue weighted by atomic mass is 9.98. The number of urea groups is 1. The number of ether oxygens (including phenoxy) is 1. The first kappa shape index (κ1) is 49.0. The van der Waals surface area contributed by atoms with Gasteiger partial charge >= 0.3 is 12.0 Å². The summed E-state index contributed by atoms with van der Waals surface area (Å²) in [6.07, 6.45) is 5.76. The predicted octanol–water partition coefficient (Wildman–Crippen LogP) is 6.44. The number of carbonyl (C=O) groups is 5. The highest BCUT2D eigenvalue weighted by atomic mass is 16.6. The second-order valence-electron chi connectivity index (χ2n) is 9.55. The fraction of sp³-hybridized carbons (Fsp3) is 0.844. The van der Waals surface area contributed by atoms with Crippen molar-refractivity contribution in [2.24, 2.45) is 11.7 Å². The zero-order valence-corrected chi connectivity index (χ0v) is 29.5. The fourth-order valence-electron chi connectivity index (χ4n) is 3.27. The molecule has 0 spiro atoms. The van der Waals surface area contributed by atoms with Crippen LogP contribution in [0.4, 0.5) is 4.79 Å². The number of hydrogen-bond donors (Lipinski definition) is 4. The summed E-state index contributed by atoms with van der Waals surface area (Å²) < 4.78 is 5.62. The standard InChI is InChI=1S/C23H42N4O6.C3H8.3C2H6/c1-6-17(7-2)21(31)33-23(4,5)13-9-8-12-19(29)26-15-20(30)27-18(16(3)28)11-10-14-25-22(24)32;1-3-2;3*1-2/h17-18H,6-15H2,1-5H3,(H,26,29)(H,27,30)(H3,24,25,32);3H2,1-2H3;3*1-2H3. The molecule has 0 saturated carbocycles. The summed E-state index contributed by atoms with van der Waals surface area (Å²) in [4.78, 5) is 58.6. The van der Waals surface area contributed by atoms with E-state index in [-0.39, 0.29) is 36.5 Å². The topological polar surface area (TPSA) is 157 Å². The van der Waals surface area contributed by atoms with E-state index in [4.69, 9.17) is 10.5 Å². The first-order valence-corrected chi connectivity index (χ1v) is 16.2. The molecule has 0 aliphatic carbocycles. The molecule has 0 aromatic carbocycles. The van der Waals surface area contributed by atoms with E-state index >= 15 is 0 Å². The highest BCUT2D eigenvalue weighted by Crippen LogP contribution is 2.22. The van der Waals surface area contributed by atoms with Crippen molar-refractivity contribution in [3.05, 3.63) is 0 Å². The predicted molar refractivity (Wildman–Crippen MR) is 175 cm³/mol. The van der Waals surface area contributed by atoms with Crippen molar-refractivity contribution >= 4 is 29.6 Å². The number of esters is 1. The van der Waals surface area contributed by atoms with Crippen LogP contribution in [0.3, 0.4) is 0 Å². The molecule has 0 rings (SSSR count). The summed E-state index contributed by atoms with van der Waals surface area (Å²) in [6, 6.07) is -1.33. The molecule has 0 aliphatic rings. The first-order chi connectivity index (χ1) is 19.8. The molecule has 0 aromatic heterocycles. The van der Waals surface area contributed by atoms with E-state index in [9.17, 15) is 24.0 Å². The van der Waals surface area contributed by atoms with Crippen molar-refractivity contribution in [1.82, 2.24) is 16.0 Å². The molecule has 0 aromatic rings. The lowest BCUT2D eigenvalue weighted by Crippen LogP contribution is -2.45. The van der Waals surface area contributed by atoms with Crippen LogP contribution in [-0.2, 0) is 23.9 Å². The fourth-order valence-corrected chi connectivity index (χ4v) is 3.27. The Hall–Kier alpha value is -2.65. The Kier molecular flexibility index (Phi) is 40.3. The summed E-state index contributed by atoms with van der Waals surface area (Å²) in [7, 11) is 0. The third-order valence-electron chi connectivity index (χ3n) is 5.37. The highest BCUT2D eigenvalue weighted by molar-refractivity contribution is 5.90. The lowest BCUT2D eigenvalue weighted by Gasteiger charge is -2.27. The number of hydrogen-bond acceptors (Lipinski definition) is 6. The van der Waals surface area contributed by atoms with Crippen molar-refractivity contribution in [1.29, 1.82) is 0 Å². The van der Waals surface area contributed by atoms with Crippen LogP contribution in [0.1, 0.15) is 148 Å². The number of ketones is 1. The molecule has 0 heterocycles. The van der Waals surface area contributed by atoms with Crippen molar-refractivity contribution < 1.29 is 28.7 Å². The number of nitrogens with one attached hydrogen (secondary N) is 3. The number of nitrogens with two attached hydrogens (primary N) is 1. The number of rotatable bonds is 17. The smallest absolute Gasteiger partial charge is 0.312 e. The molecule has 4 amide bonds. The molecule has 10 nitrogen and oxygen atoms in total. The molecule has 0 bridgehead atoms. The van der Waals surface area contributed by atoms with E-state index < -0.39 is 23.6 Å². The molecule has 0 saturated heterocycles. The van der Waals surface area contributed by atoms with Crippen LogP contribution in [0.5, 0.6) is 0 Å². The summed E-state index contributed by atoms with van der Waals surface area (Å²) >= 11 is 0. The van der Waals surface area contributed by atoms with Gasteiger partial charge in [-0.3, -0.25) is 19.2 Å². The van der Waals surface area contributed by atoms with Crippen LogP contribution >= 0.6 is 0 Å². The van der Waals surface area contributed by atoms with Crippen LogP contribution in [0.2, 0.25) is 0 Å². The van der Waals surface area contributed by atoms with Gasteiger partial charge in [0.2, 0.25) is 11.8 Å². The molecule has 1 atom stereocenters. The van der Waals surface area contributed by atoms with E-state index in [1.54, 1.807) is 0 Å². The number of primary amides is 1. The van der Waals surface area contributed by atoms with Crippen molar-refractivity contribution in [2.75, 3.05) is 13.1 Å². The van der Waals surface area contributed by atoms with Crippen molar-refractivity contribution in [3.63, 3.8) is 0 Å². The molecule has 42 heavy (non-hydrogen) atoms. The van der Waals surface area contributed by atoms with Crippen LogP contribution < -0.4 is 21.7 Å². The highest BCUT2D eigenvalue weighted by Gasteiger charge is 2.26. The SMILES string of the molecule is CC.CC.CC.CCC.CCC(CC)C(=O)OC(C)(C)CCCCC(=O)NCC(=O)NC(CCCNC(N)=O)C(C)=O. The number of Topliss-reactive ketones (excluding diaryl/α,β-unsaturated/α-hetero) is 1. The monoisotopic (exact) mass is 605 g/mol. The van der Waals surface area contributed by atoms with E-state index in [1.807, 2.05) is 69.2 Å². The average molecular weight is 605 g/mol. The van der Waals surface area contributed by atoms with Crippen LogP contribution in [0.15, 0.2) is 0 Å². The molecule has 0 aliphatic heterocycles. The summed E-state index contributed by atoms with van der Waals surface area (Å²) in [6.45, 7) is 25.4. The zero-order valence-electron chi connectivity index (χ0n) is 29.5. The maximum absolute atomic E-state index is 12.2. The molecular weight excluding hydrogens is 536 g/mol. The summed E-state index contributed by atoms with van der Waals surface area (Å²) in [5.41, 5.74) is 4.38. The van der Waals surface area contributed by atoms with Gasteiger partial charge in [0.25, 0.3) is 0 Å². The van der Waals surface area contributed by atoms with E-state index in [0.29, 0.717) is 38.6 Å². The largest absolute Gasteiger partial charge is 0.459 e. The van der Waals surface area contributed by atoms with Gasteiger partial charge in [0.1, 0.15) is 5.60 Å². The molecule has 252 valence electrons. The number of unbranched alkanes of at least 4 members (excludes halogenated alkanes) is 1. The van der Waals surface area contributed by atoms with Crippen LogP contribution in [0.25, 0.3) is 0 Å². The molecule has 0 fully saturated rings. The van der Waals surface area contributed by atoms with Gasteiger partial charge in [-0.05, 0) is 65.7 Å². The Morgan fingerprint density at radius 3 is 1.71 bits per heavy atom. The van der Waals surface area contributed by atoms with Gasteiger partial charge in [-0.25, -0.2) is 4.79 Å². The van der Waals surface area contributed by atoms with Gasteiger partial charge in [0.15, 0.2) is 5.78 Å². The molecule has 0 radical (unpaired) electrons. The Morgan fingerprint density at radius 1 is 0.786 bits per heavy atom. The van der Waals surface area contributed by atoms with E-state index in [0.717, 1.165) is 12.8 Å². The maximum atomic E-state index is 12.2. The summed E-state index contributed by atoms with van der Waals surface area (Å²) in [5, 5.41) is 7.56. The molecular formula is C32H68N4O6. The van der Waals surface area contributed by atoms with Gasteiger partial charge in [-0.2, -0.15) is 0 Å². The van der Waals surface area contributed by atoms with Gasteiger partial charge in [-0.15, -0.1) is 0 Å². The van der Waals surface area contributed by atoms with Crippen molar-refractivity contribution in [2.45, 2.75) is 159 Å². The van der Waals surface area contributed by atoms with Crippen LogP contribution in [-0.4, -0.2) is 54.3 Å². The Labute approximate surface area is 258 Å². The van der Waals surface area contributed by atoms with Crippen molar-refractivity contribution in [3.8, 4) is 0 Å². The Bertz CT molecular complexity index is 680. The van der Waals surface area contributed by atoms with E-state index in [1.165, 1.54) is 13.3 Å². The second-order valence-corrected chi connectivity index (χ2v) is 9.55. The van der Waals surface area contributed by atoms with Gasteiger partial charge < -0.3 is 26.4 Å². The normalized spacial score (nSPS) is 10.3. The Balaban J connectivity index is -0.000000454. The first-order valence-electron chi connectivity index (χ1n) is 16.2. The van der Waals surface area contributed by atoms with Crippen LogP contribution in [0, 0.1) is 5.92 Å². The maximum Gasteiger partial charge on any atom is 0.312 e. The van der Waals surface area contributed by atoms with Gasteiger partial charge in [0, 0.05) is 13.0 Å². The minimum atomic E-state index is -0.686. The molecule has 1 unspecified atom stereocenters. The third kappa shape index (κ3) is 33.6. The Morgan fingerprint density at radius 2 is 1.29 bits per heavy atom. The molecule has 10 heteroatoms. The minimum Gasteiger partial charge on any atom is -0.459 e. The summed E-state index contributed by atoms with van der Waals surface area (Å²) in [5.74, 6) is -1.19. The quantitative estimate of drug-likeness (QED) is 0.111. The van der Waals surface area contributed by atoms with Gasteiger partial charge in [0.05, 0.1) is 18.5 Å². The minimum absolute atomic E-state index is 0.0874. The zero-order chi connectivity index (χ0) is 34.1. The molecule has 5 N–H and O–H groups in total. The van der Waals surface area contributed by atoms with E-state index in [2.05, 4.69) is 29.8 Å². The third-order valence-corrected chi connectivity index (χ3v) is 5.37.